The largest absolute Gasteiger partial charge is 0.497 e. The van der Waals surface area contributed by atoms with Gasteiger partial charge in [-0.15, -0.1) is 0 Å². The lowest BCUT2D eigenvalue weighted by molar-refractivity contribution is -0.137. The third kappa shape index (κ3) is 4.78. The Kier molecular flexibility index (Phi) is 5.97. The van der Waals surface area contributed by atoms with Gasteiger partial charge in [-0.2, -0.15) is 18.2 Å². The first-order valence-corrected chi connectivity index (χ1v) is 12.3. The summed E-state index contributed by atoms with van der Waals surface area (Å²) in [7, 11) is -1.80. The van der Waals surface area contributed by atoms with Crippen LogP contribution in [-0.2, 0) is 27.2 Å². The maximum atomic E-state index is 13.2. The van der Waals surface area contributed by atoms with Crippen LogP contribution < -0.4 is 9.64 Å². The van der Waals surface area contributed by atoms with Crippen LogP contribution in [0.2, 0.25) is 0 Å². The van der Waals surface area contributed by atoms with Crippen LogP contribution in [0, 0.1) is 0 Å². The molecular weight excluding hydrogens is 465 g/mol. The molecule has 0 saturated carbocycles. The minimum Gasteiger partial charge on any atom is -0.497 e. The number of carbonyl (C=O) groups is 1. The van der Waals surface area contributed by atoms with E-state index in [1.54, 1.807) is 24.3 Å². The minimum absolute atomic E-state index is 0.00187. The molecule has 4 rings (SSSR count). The average Bonchev–Trinajstić information content (AvgIpc) is 3.18. The highest BCUT2D eigenvalue weighted by Gasteiger charge is 2.49. The first-order chi connectivity index (χ1) is 15.1. The van der Waals surface area contributed by atoms with Crippen LogP contribution in [0.15, 0.2) is 53.5 Å². The van der Waals surface area contributed by atoms with Crippen LogP contribution in [0.5, 0.6) is 5.75 Å². The zero-order valence-corrected chi connectivity index (χ0v) is 18.5. The van der Waals surface area contributed by atoms with Crippen LogP contribution in [-0.4, -0.2) is 49.4 Å². The van der Waals surface area contributed by atoms with E-state index in [4.69, 9.17) is 4.74 Å². The Balaban J connectivity index is 1.65. The Labute approximate surface area is 187 Å². The van der Waals surface area contributed by atoms with Gasteiger partial charge in [0.1, 0.15) is 5.75 Å². The quantitative estimate of drug-likeness (QED) is 0.661. The molecule has 32 heavy (non-hydrogen) atoms. The van der Waals surface area contributed by atoms with Crippen molar-refractivity contribution in [2.24, 2.45) is 4.99 Å². The van der Waals surface area contributed by atoms with E-state index >= 15 is 0 Å². The van der Waals surface area contributed by atoms with Crippen LogP contribution >= 0.6 is 11.8 Å². The number of sulfone groups is 1. The van der Waals surface area contributed by atoms with Gasteiger partial charge in [0.15, 0.2) is 15.0 Å². The number of carbonyl (C=O) groups excluding carboxylic acids is 1. The number of amides is 1. The molecule has 0 spiro atoms. The molecule has 0 aromatic heterocycles. The van der Waals surface area contributed by atoms with Gasteiger partial charge in [-0.1, -0.05) is 30.0 Å². The summed E-state index contributed by atoms with van der Waals surface area (Å²) >= 11 is 1.12. The van der Waals surface area contributed by atoms with Crippen molar-refractivity contribution in [3.63, 3.8) is 0 Å². The molecule has 0 aliphatic carbocycles. The number of fused-ring (bicyclic) bond motifs is 1. The number of benzene rings is 2. The summed E-state index contributed by atoms with van der Waals surface area (Å²) in [6.45, 7) is 0. The Bertz CT molecular complexity index is 1160. The maximum absolute atomic E-state index is 13.2. The molecule has 0 unspecified atom stereocenters. The Hall–Kier alpha value is -2.53. The average molecular weight is 485 g/mol. The lowest BCUT2D eigenvalue weighted by atomic mass is 10.1. The fraction of sp³-hybridized carbons (Fsp3) is 0.333. The standard InChI is InChI=1S/C21H19F3N2O4S2/c1-30-16-7-5-13(6-8-16)9-19(27)25-20-26(17-11-32(28,29)12-18(17)31-20)15-4-2-3-14(10-15)21(22,23)24/h2-8,10,17-18H,9,11-12H2,1H3/t17-,18-/m1/s1. The predicted molar refractivity (Wildman–Crippen MR) is 117 cm³/mol. The van der Waals surface area contributed by atoms with Gasteiger partial charge in [-0.3, -0.25) is 4.79 Å². The molecule has 2 aromatic carbocycles. The number of thioether (sulfide) groups is 1. The van der Waals surface area contributed by atoms with Crippen molar-refractivity contribution in [3.8, 4) is 5.75 Å². The van der Waals surface area contributed by atoms with Crippen molar-refractivity contribution in [3.05, 3.63) is 59.7 Å². The molecule has 2 atom stereocenters. The number of anilines is 1. The van der Waals surface area contributed by atoms with E-state index in [2.05, 4.69) is 4.99 Å². The summed E-state index contributed by atoms with van der Waals surface area (Å²) in [4.78, 5) is 18.2. The summed E-state index contributed by atoms with van der Waals surface area (Å²) in [6.07, 6.45) is -4.55. The zero-order valence-electron chi connectivity index (χ0n) is 16.9. The maximum Gasteiger partial charge on any atom is 0.416 e. The van der Waals surface area contributed by atoms with Gasteiger partial charge in [-0.25, -0.2) is 8.42 Å². The van der Waals surface area contributed by atoms with Crippen molar-refractivity contribution in [2.45, 2.75) is 23.9 Å². The topological polar surface area (TPSA) is 76.0 Å². The molecule has 0 radical (unpaired) electrons. The van der Waals surface area contributed by atoms with Crippen molar-refractivity contribution in [2.75, 3.05) is 23.5 Å². The number of halogens is 3. The van der Waals surface area contributed by atoms with E-state index in [0.717, 1.165) is 23.9 Å². The Morgan fingerprint density at radius 1 is 1.19 bits per heavy atom. The Morgan fingerprint density at radius 2 is 1.91 bits per heavy atom. The third-order valence-corrected chi connectivity index (χ3v) is 8.46. The highest BCUT2D eigenvalue weighted by atomic mass is 32.2. The first-order valence-electron chi connectivity index (χ1n) is 9.64. The van der Waals surface area contributed by atoms with E-state index in [1.165, 1.54) is 24.1 Å². The van der Waals surface area contributed by atoms with Gasteiger partial charge in [0.2, 0.25) is 0 Å². The number of ether oxygens (including phenoxy) is 1. The number of rotatable bonds is 4. The first kappa shape index (κ1) is 22.7. The molecule has 0 N–H and O–H groups in total. The molecule has 2 fully saturated rings. The lowest BCUT2D eigenvalue weighted by Crippen LogP contribution is -2.38. The van der Waals surface area contributed by atoms with Crippen LogP contribution in [0.25, 0.3) is 0 Å². The van der Waals surface area contributed by atoms with Gasteiger partial charge in [0, 0.05) is 10.9 Å². The van der Waals surface area contributed by atoms with E-state index in [-0.39, 0.29) is 28.8 Å². The van der Waals surface area contributed by atoms with E-state index in [0.29, 0.717) is 11.3 Å². The van der Waals surface area contributed by atoms with Crippen LogP contribution in [0.1, 0.15) is 11.1 Å². The highest BCUT2D eigenvalue weighted by molar-refractivity contribution is 8.16. The molecule has 170 valence electrons. The molecule has 2 aliphatic rings. The molecule has 11 heteroatoms. The SMILES string of the molecule is COc1ccc(CC(=O)N=C2S[C@@H]3CS(=O)(=O)C[C@H]3N2c2cccc(C(F)(F)F)c2)cc1. The Morgan fingerprint density at radius 3 is 2.56 bits per heavy atom. The predicted octanol–water partition coefficient (Wildman–Crippen LogP) is 3.56. The van der Waals surface area contributed by atoms with Gasteiger partial charge >= 0.3 is 6.18 Å². The highest BCUT2D eigenvalue weighted by Crippen LogP contribution is 2.42. The minimum atomic E-state index is -4.55. The zero-order chi connectivity index (χ0) is 23.1. The van der Waals surface area contributed by atoms with Crippen LogP contribution in [0.4, 0.5) is 18.9 Å². The van der Waals surface area contributed by atoms with Gasteiger partial charge in [0.05, 0.1) is 36.6 Å². The molecule has 6 nitrogen and oxygen atoms in total. The van der Waals surface area contributed by atoms with Crippen molar-refractivity contribution < 1.29 is 31.1 Å². The van der Waals surface area contributed by atoms with Gasteiger partial charge in [0.25, 0.3) is 5.91 Å². The second-order valence-corrected chi connectivity index (χ2v) is 10.9. The number of hydrogen-bond acceptors (Lipinski definition) is 5. The summed E-state index contributed by atoms with van der Waals surface area (Å²) in [6, 6.07) is 10.9. The van der Waals surface area contributed by atoms with E-state index in [1.807, 2.05) is 0 Å². The number of hydrogen-bond donors (Lipinski definition) is 0. The second kappa shape index (κ2) is 8.43. The summed E-state index contributed by atoms with van der Waals surface area (Å²) < 4.78 is 69.1. The fourth-order valence-corrected chi connectivity index (χ4v) is 7.69. The van der Waals surface area contributed by atoms with E-state index in [9.17, 15) is 26.4 Å². The number of alkyl halides is 3. The number of methoxy groups -OCH3 is 1. The summed E-state index contributed by atoms with van der Waals surface area (Å²) in [5.74, 6) is -0.142. The monoisotopic (exact) mass is 484 g/mol. The number of nitrogens with zero attached hydrogens (tertiary/aromatic N) is 2. The lowest BCUT2D eigenvalue weighted by Gasteiger charge is -2.25. The van der Waals surface area contributed by atoms with Crippen LogP contribution in [0.3, 0.4) is 0 Å². The number of amidine groups is 1. The molecule has 1 amide bonds. The van der Waals surface area contributed by atoms with Crippen molar-refractivity contribution >= 4 is 38.4 Å². The van der Waals surface area contributed by atoms with Gasteiger partial charge < -0.3 is 9.64 Å². The summed E-state index contributed by atoms with van der Waals surface area (Å²) in [5.41, 5.74) is 0.0117. The molecule has 2 heterocycles. The molecular formula is C21H19F3N2O4S2. The third-order valence-electron chi connectivity index (χ3n) is 5.25. The molecule has 2 aromatic rings. The smallest absolute Gasteiger partial charge is 0.416 e. The summed E-state index contributed by atoms with van der Waals surface area (Å²) in [5, 5.41) is -0.185. The van der Waals surface area contributed by atoms with Gasteiger partial charge in [-0.05, 0) is 35.9 Å². The second-order valence-electron chi connectivity index (χ2n) is 7.53. The van der Waals surface area contributed by atoms with Crippen molar-refractivity contribution in [1.82, 2.24) is 0 Å². The van der Waals surface area contributed by atoms with Crippen molar-refractivity contribution in [1.29, 1.82) is 0 Å². The normalized spacial score (nSPS) is 23.4. The molecule has 2 saturated heterocycles. The van der Waals surface area contributed by atoms with E-state index < -0.39 is 38.8 Å². The number of aliphatic imine (C=N–C) groups is 1. The molecule has 0 bridgehead atoms. The molecule has 2 aliphatic heterocycles. The fourth-order valence-electron chi connectivity index (χ4n) is 3.76.